The molecule has 32 heavy (non-hydrogen) atoms. The highest BCUT2D eigenvalue weighted by Gasteiger charge is 2.21. The Balaban J connectivity index is 1.71. The summed E-state index contributed by atoms with van der Waals surface area (Å²) in [5.74, 6) is -1.34. The lowest BCUT2D eigenvalue weighted by Gasteiger charge is -2.13. The van der Waals surface area contributed by atoms with E-state index in [0.717, 1.165) is 0 Å². The summed E-state index contributed by atoms with van der Waals surface area (Å²) in [4.78, 5) is 39.0. The number of aryl methyl sites for hydroxylation is 1. The van der Waals surface area contributed by atoms with Gasteiger partial charge < -0.3 is 26.0 Å². The van der Waals surface area contributed by atoms with Gasteiger partial charge in [-0.25, -0.2) is 9.78 Å². The lowest BCUT2D eigenvalue weighted by atomic mass is 10.1. The average molecular weight is 452 g/mol. The molecule has 0 saturated heterocycles. The molecule has 0 fully saturated rings. The van der Waals surface area contributed by atoms with Crippen molar-refractivity contribution in [2.24, 2.45) is 5.73 Å². The van der Waals surface area contributed by atoms with Crippen LogP contribution in [0, 0.1) is 0 Å². The molecule has 0 aliphatic heterocycles. The first-order chi connectivity index (χ1) is 15.3. The molecule has 0 spiro atoms. The highest BCUT2D eigenvalue weighted by molar-refractivity contribution is 7.91. The van der Waals surface area contributed by atoms with Crippen LogP contribution in [0.1, 0.15) is 22.3 Å². The number of anilines is 2. The minimum Gasteiger partial charge on any atom is -0.605 e. The fourth-order valence-electron chi connectivity index (χ4n) is 2.88. The number of rotatable bonds is 8. The number of carbonyl (C=O) groups excluding carboxylic acids is 2. The summed E-state index contributed by atoms with van der Waals surface area (Å²) in [6, 6.07) is 15.4. The molecular formula is C22H20N4O5S. The predicted octanol–water partition coefficient (Wildman–Crippen LogP) is 3.01. The highest BCUT2D eigenvalue weighted by atomic mass is 32.2. The molecule has 1 unspecified atom stereocenters. The highest BCUT2D eigenvalue weighted by Crippen LogP contribution is 2.24. The number of nitrogens with one attached hydrogen (secondary N) is 2. The van der Waals surface area contributed by atoms with Crippen molar-refractivity contribution in [3.63, 3.8) is 0 Å². The number of carboxylic acids is 1. The van der Waals surface area contributed by atoms with Gasteiger partial charge in [-0.05, 0) is 55.0 Å². The van der Waals surface area contributed by atoms with E-state index in [1.54, 1.807) is 54.6 Å². The number of urea groups is 1. The van der Waals surface area contributed by atoms with Gasteiger partial charge in [0.15, 0.2) is 4.90 Å². The Morgan fingerprint density at radius 1 is 1.00 bits per heavy atom. The Labute approximate surface area is 186 Å². The molecule has 3 aromatic rings. The minimum atomic E-state index is -1.61. The standard InChI is InChI=1S/C22H20N4O5S/c23-22(30)26-17-5-1-3-15(13-17)20(29)25-16-7-9-18(10-8-16)32(31)21-14(4-2-12-24-21)6-11-19(27)28/h1-5,7-10,12-13H,6,11H2,(H,25,29)(H,27,28)(H3,23,26,30). The zero-order valence-electron chi connectivity index (χ0n) is 16.8. The molecule has 0 bridgehead atoms. The molecule has 1 heterocycles. The zero-order valence-corrected chi connectivity index (χ0v) is 17.6. The summed E-state index contributed by atoms with van der Waals surface area (Å²) >= 11 is -1.61. The number of carboxylic acid groups (broad SMARTS) is 1. The van der Waals surface area contributed by atoms with E-state index < -0.39 is 29.1 Å². The molecule has 0 radical (unpaired) electrons. The van der Waals surface area contributed by atoms with Gasteiger partial charge in [-0.15, -0.1) is 0 Å². The van der Waals surface area contributed by atoms with Crippen LogP contribution in [0.4, 0.5) is 16.2 Å². The molecule has 1 aromatic heterocycles. The van der Waals surface area contributed by atoms with Gasteiger partial charge in [-0.3, -0.25) is 9.59 Å². The average Bonchev–Trinajstić information content (AvgIpc) is 2.77. The van der Waals surface area contributed by atoms with Crippen molar-refractivity contribution in [3.05, 3.63) is 78.0 Å². The van der Waals surface area contributed by atoms with Crippen LogP contribution >= 0.6 is 0 Å². The van der Waals surface area contributed by atoms with E-state index in [9.17, 15) is 18.9 Å². The smallest absolute Gasteiger partial charge is 0.316 e. The third kappa shape index (κ3) is 6.06. The second kappa shape index (κ2) is 10.4. The Morgan fingerprint density at radius 2 is 1.75 bits per heavy atom. The Kier molecular flexibility index (Phi) is 7.42. The number of nitrogens with zero attached hydrogens (tertiary/aromatic N) is 1. The van der Waals surface area contributed by atoms with Crippen LogP contribution in [-0.2, 0) is 22.4 Å². The number of aliphatic carboxylic acids is 1. The van der Waals surface area contributed by atoms with E-state index in [-0.39, 0.29) is 12.8 Å². The zero-order chi connectivity index (χ0) is 23.1. The van der Waals surface area contributed by atoms with Crippen LogP contribution in [0.5, 0.6) is 0 Å². The van der Waals surface area contributed by atoms with Gasteiger partial charge in [-0.2, -0.15) is 0 Å². The molecule has 10 heteroatoms. The monoisotopic (exact) mass is 452 g/mol. The topological polar surface area (TPSA) is 157 Å². The van der Waals surface area contributed by atoms with E-state index >= 15 is 0 Å². The number of benzene rings is 2. The number of amides is 3. The maximum absolute atomic E-state index is 13.0. The summed E-state index contributed by atoms with van der Waals surface area (Å²) in [6.45, 7) is 0. The number of pyridine rings is 1. The molecule has 3 rings (SSSR count). The fraction of sp³-hybridized carbons (Fsp3) is 0.0909. The van der Waals surface area contributed by atoms with Gasteiger partial charge in [0, 0.05) is 46.3 Å². The minimum absolute atomic E-state index is 0.0863. The second-order valence-electron chi connectivity index (χ2n) is 6.68. The van der Waals surface area contributed by atoms with Crippen molar-refractivity contribution in [1.82, 2.24) is 4.98 Å². The number of carbonyl (C=O) groups is 3. The van der Waals surface area contributed by atoms with Gasteiger partial charge >= 0.3 is 12.0 Å². The predicted molar refractivity (Wildman–Crippen MR) is 119 cm³/mol. The van der Waals surface area contributed by atoms with Gasteiger partial charge in [0.1, 0.15) is 0 Å². The Morgan fingerprint density at radius 3 is 2.44 bits per heavy atom. The van der Waals surface area contributed by atoms with Crippen molar-refractivity contribution >= 4 is 40.5 Å². The molecule has 9 nitrogen and oxygen atoms in total. The molecule has 0 aliphatic carbocycles. The second-order valence-corrected chi connectivity index (χ2v) is 8.07. The van der Waals surface area contributed by atoms with Crippen molar-refractivity contribution in [2.75, 3.05) is 10.6 Å². The first-order valence-electron chi connectivity index (χ1n) is 9.49. The Hall–Kier alpha value is -3.89. The molecule has 3 amide bonds. The lowest BCUT2D eigenvalue weighted by Crippen LogP contribution is -2.19. The normalized spacial score (nSPS) is 11.4. The number of nitrogens with two attached hydrogens (primary N) is 1. The molecule has 164 valence electrons. The van der Waals surface area contributed by atoms with Gasteiger partial charge in [0.25, 0.3) is 10.9 Å². The van der Waals surface area contributed by atoms with Crippen LogP contribution < -0.4 is 16.4 Å². The van der Waals surface area contributed by atoms with E-state index in [4.69, 9.17) is 10.8 Å². The van der Waals surface area contributed by atoms with Crippen LogP contribution in [0.3, 0.4) is 0 Å². The summed E-state index contributed by atoms with van der Waals surface area (Å²) in [5.41, 5.74) is 6.89. The lowest BCUT2D eigenvalue weighted by molar-refractivity contribution is -0.136. The van der Waals surface area contributed by atoms with Crippen molar-refractivity contribution in [2.45, 2.75) is 22.8 Å². The quantitative estimate of drug-likeness (QED) is 0.385. The van der Waals surface area contributed by atoms with Crippen molar-refractivity contribution in [3.8, 4) is 0 Å². The Bertz CT molecular complexity index is 1140. The van der Waals surface area contributed by atoms with Crippen LogP contribution in [0.15, 0.2) is 76.8 Å². The van der Waals surface area contributed by atoms with Crippen molar-refractivity contribution in [1.29, 1.82) is 0 Å². The van der Waals surface area contributed by atoms with Crippen LogP contribution in [0.2, 0.25) is 0 Å². The van der Waals surface area contributed by atoms with Gasteiger partial charge in [0.05, 0.1) is 0 Å². The molecule has 2 aromatic carbocycles. The van der Waals surface area contributed by atoms with Crippen molar-refractivity contribution < 1.29 is 24.0 Å². The molecule has 5 N–H and O–H groups in total. The number of hydrogen-bond acceptors (Lipinski definition) is 5. The first kappa shape index (κ1) is 22.8. The third-order valence-corrected chi connectivity index (χ3v) is 5.77. The maximum atomic E-state index is 13.0. The van der Waals surface area contributed by atoms with Gasteiger partial charge in [-0.1, -0.05) is 12.1 Å². The number of primary amides is 1. The fourth-order valence-corrected chi connectivity index (χ4v) is 4.05. The maximum Gasteiger partial charge on any atom is 0.316 e. The number of aromatic nitrogens is 1. The first-order valence-corrected chi connectivity index (χ1v) is 10.6. The summed E-state index contributed by atoms with van der Waals surface area (Å²) in [5, 5.41) is 14.3. The van der Waals surface area contributed by atoms with Gasteiger partial charge in [0.2, 0.25) is 0 Å². The van der Waals surface area contributed by atoms with E-state index in [1.807, 2.05) is 0 Å². The molecule has 0 aliphatic rings. The number of hydrogen-bond donors (Lipinski definition) is 4. The van der Waals surface area contributed by atoms with Crippen LogP contribution in [-0.4, -0.2) is 32.6 Å². The third-order valence-electron chi connectivity index (χ3n) is 4.35. The summed E-state index contributed by atoms with van der Waals surface area (Å²) in [6.07, 6.45) is 1.65. The van der Waals surface area contributed by atoms with E-state index in [1.165, 1.54) is 12.3 Å². The molecule has 0 saturated carbocycles. The van der Waals surface area contributed by atoms with E-state index in [0.29, 0.717) is 32.4 Å². The summed E-state index contributed by atoms with van der Waals surface area (Å²) in [7, 11) is 0. The SMILES string of the molecule is NC(=O)Nc1cccc(C(=O)Nc2ccc([S+]([O-])c3ncccc3CCC(=O)O)cc2)c1. The largest absolute Gasteiger partial charge is 0.605 e. The molecule has 1 atom stereocenters. The van der Waals surface area contributed by atoms with E-state index in [2.05, 4.69) is 15.6 Å². The van der Waals surface area contributed by atoms with Crippen LogP contribution in [0.25, 0.3) is 0 Å². The molecular weight excluding hydrogens is 432 g/mol. The summed E-state index contributed by atoms with van der Waals surface area (Å²) < 4.78 is 13.0.